The van der Waals surface area contributed by atoms with E-state index in [2.05, 4.69) is 50.4 Å². The highest BCUT2D eigenvalue weighted by Crippen LogP contribution is 2.30. The van der Waals surface area contributed by atoms with E-state index >= 15 is 0 Å². The molecule has 1 aromatic carbocycles. The highest BCUT2D eigenvalue weighted by atomic mass is 32.1. The van der Waals surface area contributed by atoms with Crippen molar-refractivity contribution in [3.05, 3.63) is 54.2 Å². The molecule has 0 unspecified atom stereocenters. The standard InChI is InChI=1S/C27H35N5OS/c33-25(23-11-18-32(19-12-23)27-30-24-8-4-13-29-26(24)34-27)28-14-5-15-31-16-9-22(10-17-31)20-21-6-2-1-3-7-21/h1-4,6-8,13,22-23H,5,9-12,14-20H2,(H,28,33). The molecule has 0 spiro atoms. The van der Waals surface area contributed by atoms with Crippen LogP contribution in [0, 0.1) is 11.8 Å². The average molecular weight is 478 g/mol. The van der Waals surface area contributed by atoms with Crippen molar-refractivity contribution in [3.63, 3.8) is 0 Å². The third kappa shape index (κ3) is 5.94. The summed E-state index contributed by atoms with van der Waals surface area (Å²) in [6, 6.07) is 14.8. The number of carbonyl (C=O) groups excluding carboxylic acids is 1. The summed E-state index contributed by atoms with van der Waals surface area (Å²) in [6.07, 6.45) is 8.41. The Morgan fingerprint density at radius 2 is 1.79 bits per heavy atom. The summed E-state index contributed by atoms with van der Waals surface area (Å²) in [5.74, 6) is 1.16. The molecule has 7 heteroatoms. The van der Waals surface area contributed by atoms with Gasteiger partial charge in [0.25, 0.3) is 0 Å². The van der Waals surface area contributed by atoms with Gasteiger partial charge in [0.05, 0.1) is 0 Å². The highest BCUT2D eigenvalue weighted by Gasteiger charge is 2.26. The lowest BCUT2D eigenvalue weighted by atomic mass is 9.90. The Bertz CT molecular complexity index is 1020. The first-order valence-corrected chi connectivity index (χ1v) is 13.6. The minimum absolute atomic E-state index is 0.123. The Balaban J connectivity index is 0.966. The molecule has 4 heterocycles. The Morgan fingerprint density at radius 3 is 2.56 bits per heavy atom. The number of likely N-dealkylation sites (tertiary alicyclic amines) is 1. The molecular weight excluding hydrogens is 442 g/mol. The quantitative estimate of drug-likeness (QED) is 0.488. The van der Waals surface area contributed by atoms with Crippen LogP contribution >= 0.6 is 11.3 Å². The number of hydrogen-bond donors (Lipinski definition) is 1. The van der Waals surface area contributed by atoms with Crippen LogP contribution in [-0.2, 0) is 11.2 Å². The Morgan fingerprint density at radius 1 is 1.00 bits per heavy atom. The van der Waals surface area contributed by atoms with E-state index in [1.807, 2.05) is 18.3 Å². The molecule has 1 N–H and O–H groups in total. The Labute approximate surface area is 206 Å². The van der Waals surface area contributed by atoms with Crippen LogP contribution in [-0.4, -0.2) is 60.0 Å². The van der Waals surface area contributed by atoms with Crippen LogP contribution in [0.2, 0.25) is 0 Å². The van der Waals surface area contributed by atoms with Gasteiger partial charge < -0.3 is 15.1 Å². The number of carbonyl (C=O) groups is 1. The van der Waals surface area contributed by atoms with E-state index in [1.165, 1.54) is 37.9 Å². The molecule has 3 aromatic rings. The monoisotopic (exact) mass is 477 g/mol. The molecular formula is C27H35N5OS. The van der Waals surface area contributed by atoms with E-state index in [-0.39, 0.29) is 11.8 Å². The molecule has 2 aliphatic rings. The molecule has 2 saturated heterocycles. The van der Waals surface area contributed by atoms with Crippen molar-refractivity contribution in [3.8, 4) is 0 Å². The van der Waals surface area contributed by atoms with Gasteiger partial charge in [-0.15, -0.1) is 0 Å². The summed E-state index contributed by atoms with van der Waals surface area (Å²) in [7, 11) is 0. The number of pyridine rings is 1. The fraction of sp³-hybridized carbons (Fsp3) is 0.519. The molecule has 0 radical (unpaired) electrons. The summed E-state index contributed by atoms with van der Waals surface area (Å²) < 4.78 is 0. The molecule has 0 saturated carbocycles. The Hall–Kier alpha value is -2.51. The van der Waals surface area contributed by atoms with Crippen molar-refractivity contribution in [1.82, 2.24) is 20.2 Å². The maximum Gasteiger partial charge on any atom is 0.223 e. The molecule has 0 bridgehead atoms. The molecule has 0 aliphatic carbocycles. The second-order valence-electron chi connectivity index (χ2n) is 9.70. The maximum atomic E-state index is 12.7. The lowest BCUT2D eigenvalue weighted by Gasteiger charge is -2.32. The molecule has 5 rings (SSSR count). The second-order valence-corrected chi connectivity index (χ2v) is 10.7. The number of rotatable bonds is 8. The predicted molar refractivity (Wildman–Crippen MR) is 139 cm³/mol. The Kier molecular flexibility index (Phi) is 7.71. The van der Waals surface area contributed by atoms with Crippen LogP contribution in [0.4, 0.5) is 5.13 Å². The van der Waals surface area contributed by atoms with Crippen LogP contribution in [0.25, 0.3) is 10.3 Å². The first-order valence-electron chi connectivity index (χ1n) is 12.7. The van der Waals surface area contributed by atoms with E-state index in [0.717, 1.165) is 66.8 Å². The fourth-order valence-corrected chi connectivity index (χ4v) is 6.21. The fourth-order valence-electron chi connectivity index (χ4n) is 5.25. The van der Waals surface area contributed by atoms with Gasteiger partial charge in [-0.05, 0) is 81.8 Å². The number of anilines is 1. The van der Waals surface area contributed by atoms with Crippen molar-refractivity contribution in [1.29, 1.82) is 0 Å². The van der Waals surface area contributed by atoms with Gasteiger partial charge in [-0.25, -0.2) is 9.97 Å². The van der Waals surface area contributed by atoms with Gasteiger partial charge in [0.15, 0.2) is 5.13 Å². The van der Waals surface area contributed by atoms with Crippen molar-refractivity contribution in [2.24, 2.45) is 11.8 Å². The van der Waals surface area contributed by atoms with E-state index in [1.54, 1.807) is 11.3 Å². The molecule has 2 fully saturated rings. The normalized spacial score (nSPS) is 18.4. The SMILES string of the molecule is O=C(NCCCN1CCC(Cc2ccccc2)CC1)C1CCN(c2nc3cccnc3s2)CC1. The molecule has 6 nitrogen and oxygen atoms in total. The summed E-state index contributed by atoms with van der Waals surface area (Å²) in [5.41, 5.74) is 2.43. The van der Waals surface area contributed by atoms with Gasteiger partial charge in [0, 0.05) is 31.7 Å². The zero-order valence-corrected chi connectivity index (χ0v) is 20.7. The van der Waals surface area contributed by atoms with Crippen molar-refractivity contribution in [2.75, 3.05) is 44.2 Å². The van der Waals surface area contributed by atoms with E-state index in [4.69, 9.17) is 4.98 Å². The van der Waals surface area contributed by atoms with Crippen molar-refractivity contribution < 1.29 is 4.79 Å². The van der Waals surface area contributed by atoms with Gasteiger partial charge in [-0.3, -0.25) is 4.79 Å². The number of benzene rings is 1. The summed E-state index contributed by atoms with van der Waals surface area (Å²) in [4.78, 5) is 27.7. The van der Waals surface area contributed by atoms with Crippen LogP contribution in [0.5, 0.6) is 0 Å². The number of nitrogens with one attached hydrogen (secondary N) is 1. The largest absolute Gasteiger partial charge is 0.356 e. The number of fused-ring (bicyclic) bond motifs is 1. The highest BCUT2D eigenvalue weighted by molar-refractivity contribution is 7.21. The molecule has 1 amide bonds. The molecule has 2 aliphatic heterocycles. The summed E-state index contributed by atoms with van der Waals surface area (Å²) in [5, 5.41) is 4.23. The molecule has 2 aromatic heterocycles. The lowest BCUT2D eigenvalue weighted by Crippen LogP contribution is -2.41. The average Bonchev–Trinajstić information content (AvgIpc) is 3.33. The van der Waals surface area contributed by atoms with Crippen LogP contribution in [0.15, 0.2) is 48.7 Å². The van der Waals surface area contributed by atoms with Gasteiger partial charge in [0.1, 0.15) is 10.3 Å². The maximum absolute atomic E-state index is 12.7. The number of piperidine rings is 2. The molecule has 0 atom stereocenters. The minimum atomic E-state index is 0.123. The van der Waals surface area contributed by atoms with E-state index in [9.17, 15) is 4.79 Å². The van der Waals surface area contributed by atoms with Gasteiger partial charge >= 0.3 is 0 Å². The van der Waals surface area contributed by atoms with Gasteiger partial charge in [-0.2, -0.15) is 0 Å². The van der Waals surface area contributed by atoms with E-state index < -0.39 is 0 Å². The molecule has 180 valence electrons. The zero-order chi connectivity index (χ0) is 23.2. The first-order chi connectivity index (χ1) is 16.7. The topological polar surface area (TPSA) is 61.4 Å². The smallest absolute Gasteiger partial charge is 0.223 e. The van der Waals surface area contributed by atoms with Crippen LogP contribution in [0.1, 0.15) is 37.7 Å². The molecule has 34 heavy (non-hydrogen) atoms. The summed E-state index contributed by atoms with van der Waals surface area (Å²) in [6.45, 7) is 6.01. The van der Waals surface area contributed by atoms with E-state index in [0.29, 0.717) is 0 Å². The van der Waals surface area contributed by atoms with Crippen LogP contribution < -0.4 is 10.2 Å². The minimum Gasteiger partial charge on any atom is -0.356 e. The lowest BCUT2D eigenvalue weighted by molar-refractivity contribution is -0.125. The number of thiazole rings is 1. The second kappa shape index (κ2) is 11.3. The van der Waals surface area contributed by atoms with Crippen LogP contribution in [0.3, 0.4) is 0 Å². The summed E-state index contributed by atoms with van der Waals surface area (Å²) >= 11 is 1.64. The third-order valence-electron chi connectivity index (χ3n) is 7.32. The number of hydrogen-bond acceptors (Lipinski definition) is 6. The third-order valence-corrected chi connectivity index (χ3v) is 8.36. The van der Waals surface area contributed by atoms with Gasteiger partial charge in [-0.1, -0.05) is 41.7 Å². The van der Waals surface area contributed by atoms with Crippen molar-refractivity contribution >= 4 is 32.7 Å². The zero-order valence-electron chi connectivity index (χ0n) is 19.9. The number of amides is 1. The first kappa shape index (κ1) is 23.2. The number of nitrogens with zero attached hydrogens (tertiary/aromatic N) is 4. The number of aromatic nitrogens is 2. The van der Waals surface area contributed by atoms with Crippen molar-refractivity contribution in [2.45, 2.75) is 38.5 Å². The van der Waals surface area contributed by atoms with Gasteiger partial charge in [0.2, 0.25) is 5.91 Å². The predicted octanol–water partition coefficient (Wildman–Crippen LogP) is 4.37.